The Hall–Kier alpha value is -1.50. The minimum Gasteiger partial charge on any atom is -0.462 e. The number of aliphatic hydroxyl groups is 7. The molecule has 15 nitrogen and oxygen atoms in total. The monoisotopic (exact) mass is 921 g/mol. The van der Waals surface area contributed by atoms with E-state index >= 15 is 0 Å². The second-order valence-corrected chi connectivity index (χ2v) is 18.4. The highest BCUT2D eigenvalue weighted by Crippen LogP contribution is 2.26. The Kier molecular flexibility index (Phi) is 34.3. The van der Waals surface area contributed by atoms with Crippen LogP contribution in [0.2, 0.25) is 0 Å². The molecule has 2 rings (SSSR count). The summed E-state index contributed by atoms with van der Waals surface area (Å²) in [5.74, 6) is -0.910. The van der Waals surface area contributed by atoms with Gasteiger partial charge in [0.25, 0.3) is 0 Å². The molecule has 2 heterocycles. The summed E-state index contributed by atoms with van der Waals surface area (Å²) in [6, 6.07) is 0. The van der Waals surface area contributed by atoms with E-state index in [1.54, 1.807) is 0 Å². The van der Waals surface area contributed by atoms with Crippen molar-refractivity contribution in [3.8, 4) is 0 Å². The molecule has 0 spiro atoms. The summed E-state index contributed by atoms with van der Waals surface area (Å²) in [5, 5.41) is 72.0. The van der Waals surface area contributed by atoms with E-state index in [1.807, 2.05) is 0 Å². The maximum absolute atomic E-state index is 13.0. The van der Waals surface area contributed by atoms with Crippen LogP contribution >= 0.6 is 0 Å². The quantitative estimate of drug-likeness (QED) is 0.0247. The van der Waals surface area contributed by atoms with E-state index in [1.165, 1.54) is 128 Å². The number of rotatable bonds is 40. The average Bonchev–Trinajstić information content (AvgIpc) is 3.29. The Morgan fingerprint density at radius 1 is 0.438 bits per heavy atom. The first-order valence-electron chi connectivity index (χ1n) is 25.6. The van der Waals surface area contributed by atoms with Gasteiger partial charge in [-0.1, -0.05) is 181 Å². The Balaban J connectivity index is 1.81. The van der Waals surface area contributed by atoms with Crippen LogP contribution < -0.4 is 0 Å². The number of carbonyl (C=O) groups excluding carboxylic acids is 2. The molecule has 0 aromatic carbocycles. The highest BCUT2D eigenvalue weighted by Gasteiger charge is 2.47. The summed E-state index contributed by atoms with van der Waals surface area (Å²) in [4.78, 5) is 25.7. The average molecular weight is 921 g/mol. The van der Waals surface area contributed by atoms with Crippen LogP contribution in [0.5, 0.6) is 0 Å². The second-order valence-electron chi connectivity index (χ2n) is 18.4. The van der Waals surface area contributed by atoms with Crippen LogP contribution in [0.4, 0.5) is 0 Å². The minimum absolute atomic E-state index is 0.173. The van der Waals surface area contributed by atoms with Gasteiger partial charge in [0.15, 0.2) is 18.7 Å². The number of unbranched alkanes of at least 4 members (excludes halogenated alkanes) is 26. The van der Waals surface area contributed by atoms with Gasteiger partial charge in [-0.2, -0.15) is 0 Å². The van der Waals surface area contributed by atoms with E-state index in [9.17, 15) is 45.3 Å². The maximum Gasteiger partial charge on any atom is 0.306 e. The van der Waals surface area contributed by atoms with Gasteiger partial charge in [0.05, 0.1) is 19.8 Å². The van der Waals surface area contributed by atoms with Gasteiger partial charge in [-0.3, -0.25) is 9.59 Å². The number of ether oxygens (including phenoxy) is 6. The molecule has 0 aromatic rings. The fourth-order valence-electron chi connectivity index (χ4n) is 8.34. The molecule has 0 aromatic heterocycles. The molecule has 15 heteroatoms. The predicted molar refractivity (Wildman–Crippen MR) is 243 cm³/mol. The van der Waals surface area contributed by atoms with Crippen LogP contribution in [-0.2, 0) is 38.0 Å². The van der Waals surface area contributed by atoms with Crippen molar-refractivity contribution in [3.63, 3.8) is 0 Å². The first-order chi connectivity index (χ1) is 31.0. The van der Waals surface area contributed by atoms with Crippen molar-refractivity contribution in [1.82, 2.24) is 0 Å². The highest BCUT2D eigenvalue weighted by molar-refractivity contribution is 5.70. The van der Waals surface area contributed by atoms with Crippen molar-refractivity contribution in [1.29, 1.82) is 0 Å². The zero-order valence-electron chi connectivity index (χ0n) is 39.8. The number of hydrogen-bond donors (Lipinski definition) is 7. The Bertz CT molecular complexity index is 1130. The molecule has 2 saturated heterocycles. The molecule has 2 aliphatic rings. The lowest BCUT2D eigenvalue weighted by atomic mass is 9.98. The number of esters is 2. The van der Waals surface area contributed by atoms with Crippen molar-refractivity contribution in [2.24, 2.45) is 0 Å². The number of aliphatic hydroxyl groups excluding tert-OH is 7. The summed E-state index contributed by atoms with van der Waals surface area (Å²) in [6.07, 6.45) is 17.0. The van der Waals surface area contributed by atoms with Crippen LogP contribution in [0.1, 0.15) is 206 Å². The summed E-state index contributed by atoms with van der Waals surface area (Å²) in [5.41, 5.74) is 0. The normalized spacial score (nSPS) is 26.5. The third-order valence-corrected chi connectivity index (χ3v) is 12.6. The zero-order chi connectivity index (χ0) is 46.8. The van der Waals surface area contributed by atoms with Crippen molar-refractivity contribution in [2.75, 3.05) is 26.4 Å². The molecule has 4 unspecified atom stereocenters. The van der Waals surface area contributed by atoms with Gasteiger partial charge in [-0.15, -0.1) is 0 Å². The van der Waals surface area contributed by atoms with Gasteiger partial charge in [0.1, 0.15) is 55.4 Å². The van der Waals surface area contributed by atoms with Crippen molar-refractivity contribution in [2.45, 2.75) is 274 Å². The molecule has 378 valence electrons. The minimum atomic E-state index is -1.76. The third-order valence-electron chi connectivity index (χ3n) is 12.6. The lowest BCUT2D eigenvalue weighted by Crippen LogP contribution is -2.61. The van der Waals surface area contributed by atoms with E-state index in [0.717, 1.165) is 38.5 Å². The van der Waals surface area contributed by atoms with Crippen LogP contribution in [-0.4, -0.2) is 142 Å². The number of hydrogen-bond acceptors (Lipinski definition) is 15. The largest absolute Gasteiger partial charge is 0.462 e. The van der Waals surface area contributed by atoms with E-state index in [0.29, 0.717) is 12.8 Å². The second kappa shape index (κ2) is 37.5. The molecule has 0 bridgehead atoms. The van der Waals surface area contributed by atoms with Gasteiger partial charge in [0, 0.05) is 12.8 Å². The molecule has 0 saturated carbocycles. The first kappa shape index (κ1) is 58.6. The molecule has 2 fully saturated rings. The topological polar surface area (TPSA) is 231 Å². The molecule has 7 N–H and O–H groups in total. The third kappa shape index (κ3) is 25.6. The summed E-state index contributed by atoms with van der Waals surface area (Å²) >= 11 is 0. The molecule has 64 heavy (non-hydrogen) atoms. The molecular weight excluding hydrogens is 829 g/mol. The van der Waals surface area contributed by atoms with Crippen LogP contribution in [0.3, 0.4) is 0 Å². The van der Waals surface area contributed by atoms with Gasteiger partial charge in [0.2, 0.25) is 0 Å². The highest BCUT2D eigenvalue weighted by atomic mass is 16.7. The van der Waals surface area contributed by atoms with Gasteiger partial charge in [-0.25, -0.2) is 0 Å². The summed E-state index contributed by atoms with van der Waals surface area (Å²) in [6.45, 7) is 2.62. The number of carbonyl (C=O) groups is 2. The molecule has 0 aliphatic carbocycles. The van der Waals surface area contributed by atoms with E-state index < -0.39 is 92.7 Å². The van der Waals surface area contributed by atoms with E-state index in [2.05, 4.69) is 13.8 Å². The van der Waals surface area contributed by atoms with E-state index in [4.69, 9.17) is 28.4 Å². The smallest absolute Gasteiger partial charge is 0.306 e. The molecule has 0 amide bonds. The van der Waals surface area contributed by atoms with Crippen LogP contribution in [0, 0.1) is 0 Å². The van der Waals surface area contributed by atoms with Crippen LogP contribution in [0.15, 0.2) is 0 Å². The zero-order valence-corrected chi connectivity index (χ0v) is 39.8. The first-order valence-corrected chi connectivity index (χ1v) is 25.6. The van der Waals surface area contributed by atoms with Gasteiger partial charge >= 0.3 is 11.9 Å². The fourth-order valence-corrected chi connectivity index (χ4v) is 8.34. The maximum atomic E-state index is 13.0. The molecule has 0 radical (unpaired) electrons. The molecular formula is C49H92O15. The van der Waals surface area contributed by atoms with Gasteiger partial charge < -0.3 is 64.2 Å². The summed E-state index contributed by atoms with van der Waals surface area (Å²) in [7, 11) is 0. The fraction of sp³-hybridized carbons (Fsp3) is 0.959. The molecule has 2 aliphatic heterocycles. The summed E-state index contributed by atoms with van der Waals surface area (Å²) < 4.78 is 33.6. The lowest BCUT2D eigenvalue weighted by Gasteiger charge is -2.42. The molecule has 11 atom stereocenters. The Morgan fingerprint density at radius 3 is 1.22 bits per heavy atom. The predicted octanol–water partition coefficient (Wildman–Crippen LogP) is 6.82. The van der Waals surface area contributed by atoms with E-state index in [-0.39, 0.29) is 26.1 Å². The van der Waals surface area contributed by atoms with Crippen molar-refractivity contribution >= 4 is 11.9 Å². The van der Waals surface area contributed by atoms with Crippen molar-refractivity contribution in [3.05, 3.63) is 0 Å². The van der Waals surface area contributed by atoms with Gasteiger partial charge in [-0.05, 0) is 12.8 Å². The Labute approximate surface area is 385 Å². The Morgan fingerprint density at radius 2 is 0.797 bits per heavy atom. The standard InChI is InChI=1S/C49H92O15/c1-3-5-7-9-11-13-15-17-19-21-23-25-27-29-31-40(51)59-34-37(62-41(52)32-30-28-26-24-22-20-18-16-14-12-10-8-6-4-2)35-60-48-47(58)45(56)43(54)39(64-48)36-61-49-46(57)44(55)42(53)38(33-50)63-49/h37-39,42-50,53-58H,3-36H2,1-2H3/t37-,38-,39-,42+,43+,44?,45?,46?,47?,48-,49-/m1/s1. The van der Waals surface area contributed by atoms with Crippen molar-refractivity contribution < 1.29 is 73.8 Å². The SMILES string of the molecule is CCCCCCCCCCCCCCCCC(=O)OC[C@H](CO[C@@H]1O[C@H](CO[C@@H]2O[C@H](CO)[C@H](O)C(O)C2O)[C@H](O)C(O)C1O)OC(=O)CCCCCCCCCCCCCCCC. The lowest BCUT2D eigenvalue weighted by molar-refractivity contribution is -0.332. The van der Waals surface area contributed by atoms with Crippen LogP contribution in [0.25, 0.3) is 0 Å².